The molecule has 1 heterocycles. The number of nitrogens with one attached hydrogen (secondary N) is 1. The SMILES string of the molecule is CC(C)[C@H](NC(=O)Cc1ccccc1)C(=O)O[C@@H](C)C(=O)N1CCCCCC1. The van der Waals surface area contributed by atoms with Crippen LogP contribution in [-0.4, -0.2) is 47.9 Å². The molecule has 6 nitrogen and oxygen atoms in total. The molecule has 1 saturated heterocycles. The van der Waals surface area contributed by atoms with Crippen LogP contribution >= 0.6 is 0 Å². The Bertz CT molecular complexity index is 652. The van der Waals surface area contributed by atoms with Crippen molar-refractivity contribution in [1.29, 1.82) is 0 Å². The highest BCUT2D eigenvalue weighted by Crippen LogP contribution is 2.13. The smallest absolute Gasteiger partial charge is 0.329 e. The summed E-state index contributed by atoms with van der Waals surface area (Å²) in [5.41, 5.74) is 0.876. The minimum Gasteiger partial charge on any atom is -0.451 e. The Morgan fingerprint density at radius 1 is 1.00 bits per heavy atom. The molecule has 1 aromatic rings. The van der Waals surface area contributed by atoms with E-state index in [0.29, 0.717) is 13.1 Å². The number of benzene rings is 1. The minimum absolute atomic E-state index is 0.146. The molecule has 2 atom stereocenters. The molecule has 0 unspecified atom stereocenters. The highest BCUT2D eigenvalue weighted by atomic mass is 16.5. The lowest BCUT2D eigenvalue weighted by Gasteiger charge is -2.26. The zero-order valence-corrected chi connectivity index (χ0v) is 17.1. The van der Waals surface area contributed by atoms with Gasteiger partial charge in [0.25, 0.3) is 5.91 Å². The summed E-state index contributed by atoms with van der Waals surface area (Å²) in [5.74, 6) is -1.11. The Hall–Kier alpha value is -2.37. The lowest BCUT2D eigenvalue weighted by Crippen LogP contribution is -2.48. The summed E-state index contributed by atoms with van der Waals surface area (Å²) in [7, 11) is 0. The fraction of sp³-hybridized carbons (Fsp3) is 0.591. The van der Waals surface area contributed by atoms with Gasteiger partial charge in [0.1, 0.15) is 6.04 Å². The molecule has 2 rings (SSSR count). The van der Waals surface area contributed by atoms with E-state index < -0.39 is 18.1 Å². The Morgan fingerprint density at radius 3 is 2.18 bits per heavy atom. The van der Waals surface area contributed by atoms with Gasteiger partial charge < -0.3 is 15.0 Å². The fourth-order valence-corrected chi connectivity index (χ4v) is 3.35. The molecule has 0 spiro atoms. The van der Waals surface area contributed by atoms with E-state index in [1.54, 1.807) is 11.8 Å². The summed E-state index contributed by atoms with van der Waals surface area (Å²) in [6.45, 7) is 6.71. The molecular weight excluding hydrogens is 356 g/mol. The summed E-state index contributed by atoms with van der Waals surface area (Å²) in [6, 6.07) is 8.57. The van der Waals surface area contributed by atoms with Gasteiger partial charge in [0.05, 0.1) is 6.42 Å². The van der Waals surface area contributed by atoms with E-state index >= 15 is 0 Å². The molecule has 1 aromatic carbocycles. The highest BCUT2D eigenvalue weighted by molar-refractivity contribution is 5.88. The molecule has 0 radical (unpaired) electrons. The van der Waals surface area contributed by atoms with E-state index in [9.17, 15) is 14.4 Å². The number of hydrogen-bond acceptors (Lipinski definition) is 4. The van der Waals surface area contributed by atoms with Crippen molar-refractivity contribution in [2.45, 2.75) is 65.0 Å². The van der Waals surface area contributed by atoms with Crippen LogP contribution in [0.1, 0.15) is 52.0 Å². The first-order chi connectivity index (χ1) is 13.4. The van der Waals surface area contributed by atoms with Crippen LogP contribution in [0.2, 0.25) is 0 Å². The monoisotopic (exact) mass is 388 g/mol. The maximum absolute atomic E-state index is 12.6. The van der Waals surface area contributed by atoms with Crippen molar-refractivity contribution in [3.8, 4) is 0 Å². The molecule has 6 heteroatoms. The van der Waals surface area contributed by atoms with Crippen LogP contribution in [0.15, 0.2) is 30.3 Å². The molecule has 0 saturated carbocycles. The summed E-state index contributed by atoms with van der Waals surface area (Å²) in [5, 5.41) is 2.76. The van der Waals surface area contributed by atoms with E-state index in [1.165, 1.54) is 0 Å². The normalized spacial score (nSPS) is 16.8. The van der Waals surface area contributed by atoms with Crippen LogP contribution in [0.5, 0.6) is 0 Å². The maximum Gasteiger partial charge on any atom is 0.329 e. The van der Waals surface area contributed by atoms with E-state index in [1.807, 2.05) is 44.2 Å². The number of carbonyl (C=O) groups is 3. The van der Waals surface area contributed by atoms with Gasteiger partial charge in [-0.25, -0.2) is 4.79 Å². The highest BCUT2D eigenvalue weighted by Gasteiger charge is 2.30. The molecule has 1 aliphatic rings. The quantitative estimate of drug-likeness (QED) is 0.729. The van der Waals surface area contributed by atoms with Gasteiger partial charge in [-0.2, -0.15) is 0 Å². The second-order valence-electron chi connectivity index (χ2n) is 7.77. The van der Waals surface area contributed by atoms with Crippen molar-refractivity contribution >= 4 is 17.8 Å². The average Bonchev–Trinajstić information content (AvgIpc) is 2.95. The number of rotatable bonds is 7. The van der Waals surface area contributed by atoms with E-state index in [2.05, 4.69) is 5.32 Å². The lowest BCUT2D eigenvalue weighted by atomic mass is 10.0. The number of ether oxygens (including phenoxy) is 1. The minimum atomic E-state index is -0.849. The largest absolute Gasteiger partial charge is 0.451 e. The van der Waals surface area contributed by atoms with Gasteiger partial charge in [0.2, 0.25) is 5.91 Å². The van der Waals surface area contributed by atoms with Crippen molar-refractivity contribution < 1.29 is 19.1 Å². The van der Waals surface area contributed by atoms with Gasteiger partial charge in [0, 0.05) is 13.1 Å². The summed E-state index contributed by atoms with van der Waals surface area (Å²) in [6.07, 6.45) is 3.56. The fourth-order valence-electron chi connectivity index (χ4n) is 3.35. The third-order valence-corrected chi connectivity index (χ3v) is 5.00. The zero-order valence-electron chi connectivity index (χ0n) is 17.1. The van der Waals surface area contributed by atoms with E-state index in [4.69, 9.17) is 4.74 Å². The number of esters is 1. The molecule has 0 aliphatic carbocycles. The van der Waals surface area contributed by atoms with Crippen molar-refractivity contribution in [2.75, 3.05) is 13.1 Å². The molecule has 1 aliphatic heterocycles. The Balaban J connectivity index is 1.92. The summed E-state index contributed by atoms with van der Waals surface area (Å²) < 4.78 is 5.44. The summed E-state index contributed by atoms with van der Waals surface area (Å²) >= 11 is 0. The van der Waals surface area contributed by atoms with Crippen molar-refractivity contribution in [2.24, 2.45) is 5.92 Å². The van der Waals surface area contributed by atoms with Gasteiger partial charge in [0.15, 0.2) is 6.10 Å². The van der Waals surface area contributed by atoms with Gasteiger partial charge >= 0.3 is 5.97 Å². The Labute approximate surface area is 167 Å². The second kappa shape index (κ2) is 10.8. The van der Waals surface area contributed by atoms with E-state index in [-0.39, 0.29) is 24.2 Å². The topological polar surface area (TPSA) is 75.7 Å². The standard InChI is InChI=1S/C22H32N2O4/c1-16(2)20(23-19(25)15-18-11-7-6-8-12-18)22(27)28-17(3)21(26)24-13-9-4-5-10-14-24/h6-8,11-12,16-17,20H,4-5,9-10,13-15H2,1-3H3,(H,23,25)/t17-,20-/m0/s1. The first-order valence-corrected chi connectivity index (χ1v) is 10.2. The van der Waals surface area contributed by atoms with Gasteiger partial charge in [-0.3, -0.25) is 9.59 Å². The molecule has 0 aromatic heterocycles. The maximum atomic E-state index is 12.6. The molecule has 1 fully saturated rings. The molecule has 154 valence electrons. The van der Waals surface area contributed by atoms with Crippen molar-refractivity contribution in [3.05, 3.63) is 35.9 Å². The van der Waals surface area contributed by atoms with Gasteiger partial charge in [-0.1, -0.05) is 57.0 Å². The number of hydrogen-bond donors (Lipinski definition) is 1. The van der Waals surface area contributed by atoms with Gasteiger partial charge in [-0.05, 0) is 31.2 Å². The Kier molecular flexibility index (Phi) is 8.48. The number of carbonyl (C=O) groups excluding carboxylic acids is 3. The predicted molar refractivity (Wildman–Crippen MR) is 108 cm³/mol. The predicted octanol–water partition coefficient (Wildman–Crippen LogP) is 2.70. The number of nitrogens with zero attached hydrogens (tertiary/aromatic N) is 1. The second-order valence-corrected chi connectivity index (χ2v) is 7.77. The van der Waals surface area contributed by atoms with Crippen LogP contribution in [0.25, 0.3) is 0 Å². The lowest BCUT2D eigenvalue weighted by molar-refractivity contribution is -0.162. The Morgan fingerprint density at radius 2 is 1.61 bits per heavy atom. The molecular formula is C22H32N2O4. The first kappa shape index (κ1) is 21.9. The first-order valence-electron chi connectivity index (χ1n) is 10.2. The van der Waals surface area contributed by atoms with Crippen LogP contribution in [0, 0.1) is 5.92 Å². The zero-order chi connectivity index (χ0) is 20.5. The average molecular weight is 389 g/mol. The van der Waals surface area contributed by atoms with Gasteiger partial charge in [-0.15, -0.1) is 0 Å². The van der Waals surface area contributed by atoms with Crippen molar-refractivity contribution in [3.63, 3.8) is 0 Å². The van der Waals surface area contributed by atoms with Crippen LogP contribution in [0.4, 0.5) is 0 Å². The van der Waals surface area contributed by atoms with Crippen molar-refractivity contribution in [1.82, 2.24) is 10.2 Å². The summed E-state index contributed by atoms with van der Waals surface area (Å²) in [4.78, 5) is 39.4. The molecule has 28 heavy (non-hydrogen) atoms. The van der Waals surface area contributed by atoms with E-state index in [0.717, 1.165) is 31.2 Å². The number of amides is 2. The third kappa shape index (κ3) is 6.66. The molecule has 0 bridgehead atoms. The molecule has 2 amide bonds. The van der Waals surface area contributed by atoms with Crippen LogP contribution in [-0.2, 0) is 25.5 Å². The van der Waals surface area contributed by atoms with Crippen LogP contribution in [0.3, 0.4) is 0 Å². The molecule has 1 N–H and O–H groups in total. The third-order valence-electron chi connectivity index (χ3n) is 5.00. The number of likely N-dealkylation sites (tertiary alicyclic amines) is 1. The van der Waals surface area contributed by atoms with Crippen LogP contribution < -0.4 is 5.32 Å².